The van der Waals surface area contributed by atoms with Crippen LogP contribution in [0.25, 0.3) is 5.57 Å². The highest BCUT2D eigenvalue weighted by molar-refractivity contribution is 6.09. The maximum absolute atomic E-state index is 13.1. The molecule has 4 unspecified atom stereocenters. The molecule has 0 spiro atoms. The minimum atomic E-state index is -1.21. The van der Waals surface area contributed by atoms with Crippen LogP contribution in [0, 0.1) is 0 Å². The van der Waals surface area contributed by atoms with Crippen LogP contribution in [0.1, 0.15) is 80.9 Å². The summed E-state index contributed by atoms with van der Waals surface area (Å²) in [4.78, 5) is 41.9. The highest BCUT2D eigenvalue weighted by Crippen LogP contribution is 2.50. The number of nitrogens with two attached hydrogens (primary N) is 1. The summed E-state index contributed by atoms with van der Waals surface area (Å²) in [5.74, 6) is 0.146. The van der Waals surface area contributed by atoms with Gasteiger partial charge in [-0.1, -0.05) is 43.2 Å². The lowest BCUT2D eigenvalue weighted by molar-refractivity contribution is -0.148. The molecule has 4 aliphatic rings. The summed E-state index contributed by atoms with van der Waals surface area (Å²) in [5.41, 5.74) is 15.0. The summed E-state index contributed by atoms with van der Waals surface area (Å²) in [7, 11) is 3.16. The van der Waals surface area contributed by atoms with Crippen molar-refractivity contribution in [2.45, 2.75) is 101 Å². The molecule has 0 aromatic heterocycles. The fourth-order valence-electron chi connectivity index (χ4n) is 7.50. The Morgan fingerprint density at radius 3 is 2.50 bits per heavy atom. The Kier molecular flexibility index (Phi) is 12.9. The van der Waals surface area contributed by atoms with E-state index in [2.05, 4.69) is 16.1 Å². The van der Waals surface area contributed by atoms with Crippen LogP contribution in [0.5, 0.6) is 17.2 Å². The lowest BCUT2D eigenvalue weighted by atomic mass is 9.92. The van der Waals surface area contributed by atoms with E-state index < -0.39 is 30.1 Å². The molecule has 1 amide bonds. The fraction of sp³-hybridized carbons (Fsp3) is 0.513. The van der Waals surface area contributed by atoms with Gasteiger partial charge in [0.1, 0.15) is 18.7 Å². The second kappa shape index (κ2) is 18.1. The van der Waals surface area contributed by atoms with E-state index in [-0.39, 0.29) is 32.7 Å². The van der Waals surface area contributed by atoms with E-state index in [0.717, 1.165) is 60.5 Å². The molecule has 1 fully saturated rings. The maximum atomic E-state index is 13.1. The van der Waals surface area contributed by atoms with Gasteiger partial charge in [-0.05, 0) is 73.3 Å². The van der Waals surface area contributed by atoms with Crippen molar-refractivity contribution < 1.29 is 43.2 Å². The first-order valence-corrected chi connectivity index (χ1v) is 18.7. The molecular formula is C39H50N6O9. The molecule has 6 N–H and O–H groups in total. The van der Waals surface area contributed by atoms with Crippen molar-refractivity contribution in [1.82, 2.24) is 16.1 Å². The van der Waals surface area contributed by atoms with Crippen molar-refractivity contribution in [2.75, 3.05) is 27.4 Å². The van der Waals surface area contributed by atoms with Gasteiger partial charge in [0.2, 0.25) is 11.7 Å². The van der Waals surface area contributed by atoms with Gasteiger partial charge in [0.15, 0.2) is 11.5 Å². The number of amides is 1. The number of esters is 1. The largest absolute Gasteiger partial charge is 0.492 e. The van der Waals surface area contributed by atoms with Gasteiger partial charge in [-0.3, -0.25) is 4.79 Å². The molecule has 0 saturated heterocycles. The molecule has 4 atom stereocenters. The zero-order valence-electron chi connectivity index (χ0n) is 30.9. The van der Waals surface area contributed by atoms with E-state index in [1.54, 1.807) is 14.2 Å². The topological polar surface area (TPSA) is 204 Å². The number of alkyl carbamates (subject to hydrolysis) is 1. The molecule has 0 radical (unpaired) electrons. The quantitative estimate of drug-likeness (QED) is 0.129. The summed E-state index contributed by atoms with van der Waals surface area (Å²) >= 11 is 0. The summed E-state index contributed by atoms with van der Waals surface area (Å²) in [6.07, 6.45) is 7.88. The van der Waals surface area contributed by atoms with E-state index in [1.807, 2.05) is 36.4 Å². The van der Waals surface area contributed by atoms with Crippen LogP contribution < -0.4 is 36.0 Å². The average molecular weight is 747 g/mol. The number of nitrogens with one attached hydrogen (secondary N) is 3. The Labute approximate surface area is 314 Å². The van der Waals surface area contributed by atoms with Crippen molar-refractivity contribution in [2.24, 2.45) is 15.8 Å². The van der Waals surface area contributed by atoms with E-state index in [4.69, 9.17) is 44.6 Å². The van der Waals surface area contributed by atoms with Crippen molar-refractivity contribution in [1.29, 1.82) is 0 Å². The number of benzene rings is 2. The molecule has 1 heterocycles. The first kappa shape index (κ1) is 38.4. The van der Waals surface area contributed by atoms with Crippen LogP contribution in [-0.2, 0) is 32.1 Å². The van der Waals surface area contributed by atoms with Crippen LogP contribution in [0.15, 0.2) is 52.1 Å². The predicted molar refractivity (Wildman–Crippen MR) is 201 cm³/mol. The smallest absolute Gasteiger partial charge is 0.408 e. The number of carbonyl (C=O) groups excluding carboxylic acids is 2. The maximum Gasteiger partial charge on any atom is 0.408 e. The number of nitrogens with zero attached hydrogens (tertiary/aromatic N) is 2. The Morgan fingerprint density at radius 2 is 1.74 bits per heavy atom. The summed E-state index contributed by atoms with van der Waals surface area (Å²) in [5, 5.41) is 20.1. The molecule has 0 bridgehead atoms. The zero-order chi connectivity index (χ0) is 38.0. The summed E-state index contributed by atoms with van der Waals surface area (Å²) < 4.78 is 28.8. The molecule has 15 heteroatoms. The van der Waals surface area contributed by atoms with Crippen molar-refractivity contribution in [3.05, 3.63) is 58.7 Å². The first-order valence-electron chi connectivity index (χ1n) is 18.7. The second-order valence-electron chi connectivity index (χ2n) is 13.8. The van der Waals surface area contributed by atoms with Gasteiger partial charge in [-0.25, -0.2) is 20.0 Å². The number of hydrazone groups is 1. The Morgan fingerprint density at radius 1 is 0.963 bits per heavy atom. The number of carboxylic acid groups (broad SMARTS) is 1. The molecule has 15 nitrogen and oxygen atoms in total. The number of guanidine groups is 1. The SMILES string of the molecule is COc1c(OCCC(NC(=O)OCc2ccccc2)C(=O)OCCC(N)C(=O)O)cc2c(c1OC)C1=C(CCC1)C(=NNC1=NC3CCCCC3N1)CC2. The number of ether oxygens (including phenoxy) is 5. The van der Waals surface area contributed by atoms with E-state index in [9.17, 15) is 14.4 Å². The number of carboxylic acids is 1. The molecule has 3 aliphatic carbocycles. The van der Waals surface area contributed by atoms with E-state index in [1.165, 1.54) is 24.0 Å². The minimum Gasteiger partial charge on any atom is -0.492 e. The second-order valence-corrected chi connectivity index (χ2v) is 13.8. The monoisotopic (exact) mass is 746 g/mol. The molecule has 2 aromatic carbocycles. The highest BCUT2D eigenvalue weighted by Gasteiger charge is 2.33. The molecule has 1 aliphatic heterocycles. The molecule has 2 aromatic rings. The summed E-state index contributed by atoms with van der Waals surface area (Å²) in [6.45, 7) is -0.268. The Hall–Kier alpha value is -5.31. The highest BCUT2D eigenvalue weighted by atomic mass is 16.6. The van der Waals surface area contributed by atoms with Crippen LogP contribution in [-0.4, -0.2) is 86.4 Å². The zero-order valence-corrected chi connectivity index (χ0v) is 30.9. The normalized spacial score (nSPS) is 20.6. The molecule has 1 saturated carbocycles. The number of rotatable bonds is 15. The van der Waals surface area contributed by atoms with Crippen molar-refractivity contribution >= 4 is 35.3 Å². The third-order valence-electron chi connectivity index (χ3n) is 10.3. The standard InChI is InChI=1S/C39H50N6O9/c1-50-34-32(52-20-18-31(37(48)53-19-17-27(40)36(46)47)43-39(49)54-22-23-9-4-3-5-10-23)21-24-15-16-28(25-11-8-12-26(25)33(24)35(34)51-2)44-45-38-41-29-13-6-7-14-30(29)42-38/h3-5,9-10,21,27,29-31H,6-8,11-20,22,40H2,1-2H3,(H,43,49)(H,46,47)(H2,41,42,45). The van der Waals surface area contributed by atoms with Gasteiger partial charge in [-0.15, -0.1) is 0 Å². The Bertz CT molecular complexity index is 1780. The Balaban J connectivity index is 1.16. The molecule has 6 rings (SSSR count). The van der Waals surface area contributed by atoms with E-state index >= 15 is 0 Å². The molecular weight excluding hydrogens is 696 g/mol. The molecule has 54 heavy (non-hydrogen) atoms. The number of aliphatic imine (C=N–C) groups is 1. The first-order chi connectivity index (χ1) is 26.2. The van der Waals surface area contributed by atoms with E-state index in [0.29, 0.717) is 42.2 Å². The van der Waals surface area contributed by atoms with Gasteiger partial charge in [0, 0.05) is 18.4 Å². The lowest BCUT2D eigenvalue weighted by Gasteiger charge is -2.22. The average Bonchev–Trinajstić information content (AvgIpc) is 3.81. The molecule has 290 valence electrons. The summed E-state index contributed by atoms with van der Waals surface area (Å²) in [6, 6.07) is 9.39. The predicted octanol–water partition coefficient (Wildman–Crippen LogP) is 4.21. The number of methoxy groups -OCH3 is 2. The number of hydrogen-bond donors (Lipinski definition) is 5. The number of hydrogen-bond acceptors (Lipinski definition) is 13. The van der Waals surface area contributed by atoms with Crippen LogP contribution >= 0.6 is 0 Å². The number of aliphatic carboxylic acids is 1. The number of aryl methyl sites for hydroxylation is 1. The third kappa shape index (κ3) is 9.24. The number of carbonyl (C=O) groups is 3. The number of allylic oxidation sites excluding steroid dienone is 2. The van der Waals surface area contributed by atoms with Crippen LogP contribution in [0.2, 0.25) is 0 Å². The van der Waals surface area contributed by atoms with Crippen molar-refractivity contribution in [3.8, 4) is 17.2 Å². The fourth-order valence-corrected chi connectivity index (χ4v) is 7.50. The number of fused-ring (bicyclic) bond motifs is 3. The van der Waals surface area contributed by atoms with Gasteiger partial charge in [-0.2, -0.15) is 5.10 Å². The van der Waals surface area contributed by atoms with Crippen LogP contribution in [0.3, 0.4) is 0 Å². The minimum absolute atomic E-state index is 0.00225. The lowest BCUT2D eigenvalue weighted by Crippen LogP contribution is -2.43. The van der Waals surface area contributed by atoms with Gasteiger partial charge in [0.25, 0.3) is 0 Å². The van der Waals surface area contributed by atoms with Crippen LogP contribution in [0.4, 0.5) is 4.79 Å². The van der Waals surface area contributed by atoms with Gasteiger partial charge >= 0.3 is 18.0 Å². The third-order valence-corrected chi connectivity index (χ3v) is 10.3. The van der Waals surface area contributed by atoms with Gasteiger partial charge in [0.05, 0.1) is 45.2 Å². The van der Waals surface area contributed by atoms with Crippen molar-refractivity contribution in [3.63, 3.8) is 0 Å². The van der Waals surface area contributed by atoms with Gasteiger partial charge < -0.3 is 45.2 Å².